The van der Waals surface area contributed by atoms with Crippen LogP contribution in [0.1, 0.15) is 46.2 Å². The highest BCUT2D eigenvalue weighted by Gasteiger charge is 2.27. The maximum Gasteiger partial charge on any atom is 0.410 e. The standard InChI is InChI=1S/C21H35N5O2/c1-6-25(20(27)28-21(2,3)4)16-17-10-13-26(14-11-17)19(22-5)24-15-18-9-7-8-12-23-18/h7-9,12,17H,6,10-11,13-16H2,1-5H3,(H,22,24). The minimum Gasteiger partial charge on any atom is -0.444 e. The number of carbonyl (C=O) groups excluding carboxylic acids is 1. The van der Waals surface area contributed by atoms with Crippen LogP contribution in [0.5, 0.6) is 0 Å². The van der Waals surface area contributed by atoms with E-state index in [-0.39, 0.29) is 6.09 Å². The van der Waals surface area contributed by atoms with E-state index in [1.54, 1.807) is 6.20 Å². The van der Waals surface area contributed by atoms with Crippen molar-refractivity contribution in [2.24, 2.45) is 10.9 Å². The molecule has 0 aromatic carbocycles. The van der Waals surface area contributed by atoms with Gasteiger partial charge in [0.1, 0.15) is 5.60 Å². The van der Waals surface area contributed by atoms with Gasteiger partial charge in [-0.1, -0.05) is 6.07 Å². The molecule has 1 fully saturated rings. The molecule has 2 rings (SSSR count). The van der Waals surface area contributed by atoms with E-state index in [4.69, 9.17) is 4.74 Å². The molecule has 0 bridgehead atoms. The van der Waals surface area contributed by atoms with Crippen molar-refractivity contribution < 1.29 is 9.53 Å². The molecule has 0 unspecified atom stereocenters. The third kappa shape index (κ3) is 7.02. The van der Waals surface area contributed by atoms with Crippen molar-refractivity contribution in [1.29, 1.82) is 0 Å². The zero-order chi connectivity index (χ0) is 20.6. The number of nitrogens with zero attached hydrogens (tertiary/aromatic N) is 4. The van der Waals surface area contributed by atoms with Crippen LogP contribution < -0.4 is 5.32 Å². The largest absolute Gasteiger partial charge is 0.444 e. The highest BCUT2D eigenvalue weighted by Crippen LogP contribution is 2.20. The van der Waals surface area contributed by atoms with Crippen LogP contribution in [-0.4, -0.2) is 65.7 Å². The van der Waals surface area contributed by atoms with Crippen LogP contribution in [0.2, 0.25) is 0 Å². The Bertz CT molecular complexity index is 634. The van der Waals surface area contributed by atoms with E-state index in [2.05, 4.69) is 20.2 Å². The summed E-state index contributed by atoms with van der Waals surface area (Å²) < 4.78 is 5.52. The first kappa shape index (κ1) is 22.0. The lowest BCUT2D eigenvalue weighted by atomic mass is 9.96. The average molecular weight is 390 g/mol. The number of likely N-dealkylation sites (tertiary alicyclic amines) is 1. The van der Waals surface area contributed by atoms with Crippen LogP contribution >= 0.6 is 0 Å². The highest BCUT2D eigenvalue weighted by molar-refractivity contribution is 5.79. The molecular formula is C21H35N5O2. The summed E-state index contributed by atoms with van der Waals surface area (Å²) in [6.07, 6.45) is 3.65. The summed E-state index contributed by atoms with van der Waals surface area (Å²) in [5.74, 6) is 1.39. The van der Waals surface area contributed by atoms with Gasteiger partial charge < -0.3 is 19.9 Å². The van der Waals surface area contributed by atoms with Crippen molar-refractivity contribution in [1.82, 2.24) is 20.1 Å². The Morgan fingerprint density at radius 1 is 1.36 bits per heavy atom. The first-order valence-corrected chi connectivity index (χ1v) is 10.2. The Balaban J connectivity index is 1.81. The smallest absolute Gasteiger partial charge is 0.410 e. The summed E-state index contributed by atoms with van der Waals surface area (Å²) in [5, 5.41) is 3.40. The Kier molecular flexibility index (Phi) is 8.08. The quantitative estimate of drug-likeness (QED) is 0.619. The molecule has 7 nitrogen and oxygen atoms in total. The molecule has 0 radical (unpaired) electrons. The third-order valence-electron chi connectivity index (χ3n) is 4.79. The summed E-state index contributed by atoms with van der Waals surface area (Å²) in [6, 6.07) is 5.91. The number of aromatic nitrogens is 1. The maximum atomic E-state index is 12.4. The molecule has 1 aromatic heterocycles. The second-order valence-electron chi connectivity index (χ2n) is 8.17. The highest BCUT2D eigenvalue weighted by atomic mass is 16.6. The molecule has 0 atom stereocenters. The predicted molar refractivity (Wildman–Crippen MR) is 112 cm³/mol. The fourth-order valence-corrected chi connectivity index (χ4v) is 3.30. The van der Waals surface area contributed by atoms with Crippen LogP contribution in [0.15, 0.2) is 29.4 Å². The van der Waals surface area contributed by atoms with E-state index >= 15 is 0 Å². The zero-order valence-electron chi connectivity index (χ0n) is 17.9. The molecule has 28 heavy (non-hydrogen) atoms. The lowest BCUT2D eigenvalue weighted by Crippen LogP contribution is -2.47. The van der Waals surface area contributed by atoms with E-state index in [1.807, 2.05) is 57.8 Å². The second kappa shape index (κ2) is 10.3. The Hall–Kier alpha value is -2.31. The number of hydrogen-bond acceptors (Lipinski definition) is 4. The number of piperidine rings is 1. The number of amides is 1. The molecule has 7 heteroatoms. The normalized spacial score (nSPS) is 16.0. The van der Waals surface area contributed by atoms with Crippen LogP contribution in [-0.2, 0) is 11.3 Å². The SMILES string of the molecule is CCN(CC1CCN(C(=NC)NCc2ccccn2)CC1)C(=O)OC(C)(C)C. The zero-order valence-corrected chi connectivity index (χ0v) is 17.9. The van der Waals surface area contributed by atoms with Crippen molar-refractivity contribution in [2.75, 3.05) is 33.2 Å². The fraction of sp³-hybridized carbons (Fsp3) is 0.667. The number of pyridine rings is 1. The van der Waals surface area contributed by atoms with Gasteiger partial charge in [0.25, 0.3) is 0 Å². The maximum absolute atomic E-state index is 12.4. The summed E-state index contributed by atoms with van der Waals surface area (Å²) >= 11 is 0. The van der Waals surface area contributed by atoms with E-state index in [0.29, 0.717) is 19.0 Å². The topological polar surface area (TPSA) is 70.1 Å². The van der Waals surface area contributed by atoms with Gasteiger partial charge in [-0.3, -0.25) is 9.98 Å². The first-order chi connectivity index (χ1) is 13.3. The number of rotatable bonds is 5. The summed E-state index contributed by atoms with van der Waals surface area (Å²) in [7, 11) is 1.81. The third-order valence-corrected chi connectivity index (χ3v) is 4.79. The Labute approximate surface area is 169 Å². The van der Waals surface area contributed by atoms with Crippen molar-refractivity contribution in [3.8, 4) is 0 Å². The molecule has 2 heterocycles. The van der Waals surface area contributed by atoms with Crippen LogP contribution in [0, 0.1) is 5.92 Å². The molecule has 156 valence electrons. The number of aliphatic imine (C=N–C) groups is 1. The van der Waals surface area contributed by atoms with Crippen LogP contribution in [0.4, 0.5) is 4.79 Å². The van der Waals surface area contributed by atoms with E-state index in [9.17, 15) is 4.79 Å². The van der Waals surface area contributed by atoms with Crippen molar-refractivity contribution in [2.45, 2.75) is 52.7 Å². The van der Waals surface area contributed by atoms with Crippen LogP contribution in [0.25, 0.3) is 0 Å². The average Bonchev–Trinajstić information content (AvgIpc) is 2.67. The molecule has 1 aliphatic heterocycles. The van der Waals surface area contributed by atoms with Gasteiger partial charge in [0.15, 0.2) is 5.96 Å². The summed E-state index contributed by atoms with van der Waals surface area (Å²) in [6.45, 7) is 11.7. The number of hydrogen-bond donors (Lipinski definition) is 1. The minimum atomic E-state index is -0.459. The molecule has 0 aliphatic carbocycles. The molecular weight excluding hydrogens is 354 g/mol. The number of nitrogens with one attached hydrogen (secondary N) is 1. The van der Waals surface area contributed by atoms with Crippen LogP contribution in [0.3, 0.4) is 0 Å². The number of carbonyl (C=O) groups is 1. The molecule has 1 N–H and O–H groups in total. The van der Waals surface area contributed by atoms with Crippen molar-refractivity contribution in [3.63, 3.8) is 0 Å². The van der Waals surface area contributed by atoms with E-state index < -0.39 is 5.60 Å². The fourth-order valence-electron chi connectivity index (χ4n) is 3.30. The van der Waals surface area contributed by atoms with Crippen molar-refractivity contribution in [3.05, 3.63) is 30.1 Å². The number of ether oxygens (including phenoxy) is 1. The van der Waals surface area contributed by atoms with Gasteiger partial charge in [0.2, 0.25) is 0 Å². The molecule has 1 saturated heterocycles. The summed E-state index contributed by atoms with van der Waals surface area (Å²) in [5.41, 5.74) is 0.536. The lowest BCUT2D eigenvalue weighted by molar-refractivity contribution is 0.0214. The molecule has 1 aromatic rings. The molecule has 0 saturated carbocycles. The Morgan fingerprint density at radius 2 is 2.07 bits per heavy atom. The van der Waals surface area contributed by atoms with Crippen molar-refractivity contribution >= 4 is 12.1 Å². The molecule has 1 amide bonds. The van der Waals surface area contributed by atoms with Gasteiger partial charge in [-0.25, -0.2) is 4.79 Å². The monoisotopic (exact) mass is 389 g/mol. The van der Waals surface area contributed by atoms with E-state index in [0.717, 1.165) is 44.1 Å². The number of guanidine groups is 1. The van der Waals surface area contributed by atoms with Gasteiger partial charge in [-0.15, -0.1) is 0 Å². The van der Waals surface area contributed by atoms with E-state index in [1.165, 1.54) is 0 Å². The van der Waals surface area contributed by atoms with Gasteiger partial charge >= 0.3 is 6.09 Å². The summed E-state index contributed by atoms with van der Waals surface area (Å²) in [4.78, 5) is 25.2. The molecule has 1 aliphatic rings. The second-order valence-corrected chi connectivity index (χ2v) is 8.17. The van der Waals surface area contributed by atoms with Gasteiger partial charge in [0, 0.05) is 39.4 Å². The first-order valence-electron chi connectivity index (χ1n) is 10.2. The van der Waals surface area contributed by atoms with Gasteiger partial charge in [-0.05, 0) is 58.6 Å². The van der Waals surface area contributed by atoms with Gasteiger partial charge in [0.05, 0.1) is 12.2 Å². The molecule has 0 spiro atoms. The Morgan fingerprint density at radius 3 is 2.61 bits per heavy atom. The minimum absolute atomic E-state index is 0.217. The predicted octanol–water partition coefficient (Wildman–Crippen LogP) is 3.13. The lowest BCUT2D eigenvalue weighted by Gasteiger charge is -2.36. The van der Waals surface area contributed by atoms with Gasteiger partial charge in [-0.2, -0.15) is 0 Å².